The average molecular weight is 288 g/mol. The first kappa shape index (κ1) is 15.5. The fourth-order valence-electron chi connectivity index (χ4n) is 1.82. The number of rotatable bonds is 7. The molecule has 0 aromatic heterocycles. The van der Waals surface area contributed by atoms with E-state index in [1.54, 1.807) is 0 Å². The van der Waals surface area contributed by atoms with Gasteiger partial charge in [-0.1, -0.05) is 18.6 Å². The van der Waals surface area contributed by atoms with E-state index >= 15 is 0 Å². The Bertz CT molecular complexity index is 556. The Hall–Kier alpha value is -1.51. The van der Waals surface area contributed by atoms with Crippen LogP contribution in [-0.2, 0) is 16.5 Å². The number of para-hydroxylation sites is 1. The second kappa shape index (κ2) is 6.60. The third kappa shape index (κ3) is 4.27. The van der Waals surface area contributed by atoms with Crippen LogP contribution in [0.25, 0.3) is 0 Å². The van der Waals surface area contributed by atoms with Gasteiger partial charge in [-0.25, -0.2) is 0 Å². The Morgan fingerprint density at radius 2 is 1.95 bits per heavy atom. The molecule has 106 valence electrons. The molecule has 0 atom stereocenters. The molecule has 0 aliphatic rings. The van der Waals surface area contributed by atoms with Gasteiger partial charge in [0.05, 0.1) is 4.92 Å². The molecule has 0 radical (unpaired) electrons. The molecule has 0 saturated carbocycles. The van der Waals surface area contributed by atoms with Crippen molar-refractivity contribution in [3.05, 3.63) is 33.9 Å². The predicted molar refractivity (Wildman–Crippen MR) is 69.5 cm³/mol. The standard InChI is InChI=1S/C11H16N2O5S/c12-8-3-1-2-5-9-6-4-7-10(19(16,17)18)11(9)13(14)15/h4,6-7H,1-3,5,8,12H2,(H,16,17,18). The van der Waals surface area contributed by atoms with Gasteiger partial charge in [0.1, 0.15) is 0 Å². The molecule has 1 rings (SSSR count). The van der Waals surface area contributed by atoms with Gasteiger partial charge < -0.3 is 5.73 Å². The maximum atomic E-state index is 11.1. The van der Waals surface area contributed by atoms with Gasteiger partial charge in [0.2, 0.25) is 0 Å². The van der Waals surface area contributed by atoms with Crippen LogP contribution >= 0.6 is 0 Å². The number of nitro groups is 1. The largest absolute Gasteiger partial charge is 0.330 e. The highest BCUT2D eigenvalue weighted by Gasteiger charge is 2.26. The molecule has 3 N–H and O–H groups in total. The zero-order chi connectivity index (χ0) is 14.5. The Balaban J connectivity index is 3.08. The van der Waals surface area contributed by atoms with Gasteiger partial charge in [-0.05, 0) is 31.9 Å². The van der Waals surface area contributed by atoms with Crippen LogP contribution < -0.4 is 5.73 Å². The van der Waals surface area contributed by atoms with Crippen molar-refractivity contribution in [2.24, 2.45) is 5.73 Å². The highest BCUT2D eigenvalue weighted by Crippen LogP contribution is 2.28. The van der Waals surface area contributed by atoms with Gasteiger partial charge in [-0.2, -0.15) is 8.42 Å². The Kier molecular flexibility index (Phi) is 5.40. The molecule has 0 fully saturated rings. The van der Waals surface area contributed by atoms with Crippen molar-refractivity contribution >= 4 is 15.8 Å². The minimum absolute atomic E-state index is 0.303. The van der Waals surface area contributed by atoms with Crippen LogP contribution in [0.4, 0.5) is 5.69 Å². The molecule has 0 spiro atoms. The molecule has 7 nitrogen and oxygen atoms in total. The van der Waals surface area contributed by atoms with Gasteiger partial charge in [-0.3, -0.25) is 14.7 Å². The predicted octanol–water partition coefficient (Wildman–Crippen LogP) is 1.51. The number of hydrogen-bond acceptors (Lipinski definition) is 5. The van der Waals surface area contributed by atoms with Gasteiger partial charge in [0, 0.05) is 5.56 Å². The Labute approximate surface area is 111 Å². The van der Waals surface area contributed by atoms with Crippen molar-refractivity contribution < 1.29 is 17.9 Å². The van der Waals surface area contributed by atoms with Gasteiger partial charge >= 0.3 is 10.1 Å². The van der Waals surface area contributed by atoms with Crippen LogP contribution in [0.15, 0.2) is 23.1 Å². The lowest BCUT2D eigenvalue weighted by Crippen LogP contribution is -2.06. The molecule has 0 bridgehead atoms. The molecule has 0 aliphatic carbocycles. The first-order valence-corrected chi connectivity index (χ1v) is 7.25. The minimum Gasteiger partial charge on any atom is -0.330 e. The maximum Gasteiger partial charge on any atom is 0.301 e. The van der Waals surface area contributed by atoms with Crippen molar-refractivity contribution in [3.63, 3.8) is 0 Å². The lowest BCUT2D eigenvalue weighted by Gasteiger charge is -2.06. The second-order valence-electron chi connectivity index (χ2n) is 4.10. The van der Waals surface area contributed by atoms with Gasteiger partial charge in [-0.15, -0.1) is 0 Å². The van der Waals surface area contributed by atoms with E-state index in [0.717, 1.165) is 18.9 Å². The Morgan fingerprint density at radius 3 is 2.47 bits per heavy atom. The number of hydrogen-bond donors (Lipinski definition) is 2. The van der Waals surface area contributed by atoms with E-state index in [1.807, 2.05) is 0 Å². The zero-order valence-corrected chi connectivity index (χ0v) is 11.1. The summed E-state index contributed by atoms with van der Waals surface area (Å²) in [4.78, 5) is 9.55. The zero-order valence-electron chi connectivity index (χ0n) is 10.3. The fourth-order valence-corrected chi connectivity index (χ4v) is 2.52. The lowest BCUT2D eigenvalue weighted by molar-refractivity contribution is -0.388. The number of benzene rings is 1. The summed E-state index contributed by atoms with van der Waals surface area (Å²) in [5.41, 5.74) is 5.11. The van der Waals surface area contributed by atoms with Crippen molar-refractivity contribution in [2.45, 2.75) is 30.6 Å². The van der Waals surface area contributed by atoms with Crippen LogP contribution in [0.2, 0.25) is 0 Å². The summed E-state index contributed by atoms with van der Waals surface area (Å²) in [6.45, 7) is 0.549. The summed E-state index contributed by atoms with van der Waals surface area (Å²) in [6, 6.07) is 3.90. The molecule has 0 heterocycles. The second-order valence-corrected chi connectivity index (χ2v) is 5.49. The van der Waals surface area contributed by atoms with E-state index in [4.69, 9.17) is 10.3 Å². The first-order valence-electron chi connectivity index (χ1n) is 5.81. The molecular weight excluding hydrogens is 272 g/mol. The topological polar surface area (TPSA) is 124 Å². The fraction of sp³-hybridized carbons (Fsp3) is 0.455. The minimum atomic E-state index is -4.60. The van der Waals surface area contributed by atoms with Crippen molar-refractivity contribution in [1.82, 2.24) is 0 Å². The third-order valence-corrected chi connectivity index (χ3v) is 3.58. The number of unbranched alkanes of at least 4 members (excludes halogenated alkanes) is 2. The van der Waals surface area contributed by atoms with E-state index in [1.165, 1.54) is 12.1 Å². The quantitative estimate of drug-likeness (QED) is 0.339. The number of nitrogens with zero attached hydrogens (tertiary/aromatic N) is 1. The molecule has 1 aromatic rings. The number of nitrogens with two attached hydrogens (primary N) is 1. The summed E-state index contributed by atoms with van der Waals surface area (Å²) in [5.74, 6) is 0. The highest BCUT2D eigenvalue weighted by atomic mass is 32.2. The van der Waals surface area contributed by atoms with E-state index in [-0.39, 0.29) is 0 Å². The lowest BCUT2D eigenvalue weighted by atomic mass is 10.1. The van der Waals surface area contributed by atoms with Gasteiger partial charge in [0.25, 0.3) is 5.69 Å². The molecule has 19 heavy (non-hydrogen) atoms. The first-order chi connectivity index (χ1) is 8.88. The molecule has 0 saturated heterocycles. The van der Waals surface area contributed by atoms with Crippen LogP contribution in [0.1, 0.15) is 24.8 Å². The molecule has 8 heteroatoms. The smallest absolute Gasteiger partial charge is 0.301 e. The maximum absolute atomic E-state index is 11.1. The summed E-state index contributed by atoms with van der Waals surface area (Å²) in [6.07, 6.45) is 2.67. The van der Waals surface area contributed by atoms with E-state index in [0.29, 0.717) is 24.9 Å². The SMILES string of the molecule is NCCCCCc1cccc(S(=O)(=O)O)c1[N+](=O)[O-]. The molecule has 0 amide bonds. The number of nitro benzene ring substituents is 1. The Morgan fingerprint density at radius 1 is 1.26 bits per heavy atom. The average Bonchev–Trinajstić information content (AvgIpc) is 2.33. The van der Waals surface area contributed by atoms with Crippen molar-refractivity contribution in [1.29, 1.82) is 0 Å². The molecule has 0 aliphatic heterocycles. The number of aryl methyl sites for hydroxylation is 1. The van der Waals surface area contributed by atoms with E-state index < -0.39 is 25.6 Å². The summed E-state index contributed by atoms with van der Waals surface area (Å²) in [7, 11) is -4.60. The van der Waals surface area contributed by atoms with Gasteiger partial charge in [0.15, 0.2) is 4.90 Å². The summed E-state index contributed by atoms with van der Waals surface area (Å²) in [5, 5.41) is 11.0. The molecule has 0 unspecified atom stereocenters. The van der Waals surface area contributed by atoms with Crippen LogP contribution in [0, 0.1) is 10.1 Å². The van der Waals surface area contributed by atoms with Crippen LogP contribution in [0.5, 0.6) is 0 Å². The van der Waals surface area contributed by atoms with Crippen molar-refractivity contribution in [3.8, 4) is 0 Å². The highest BCUT2D eigenvalue weighted by molar-refractivity contribution is 7.86. The van der Waals surface area contributed by atoms with Crippen LogP contribution in [-0.4, -0.2) is 24.4 Å². The van der Waals surface area contributed by atoms with Crippen molar-refractivity contribution in [2.75, 3.05) is 6.54 Å². The monoisotopic (exact) mass is 288 g/mol. The molecular formula is C11H16N2O5S. The summed E-state index contributed by atoms with van der Waals surface area (Å²) < 4.78 is 31.2. The molecule has 1 aromatic carbocycles. The van der Waals surface area contributed by atoms with Crippen LogP contribution in [0.3, 0.4) is 0 Å². The van der Waals surface area contributed by atoms with E-state index in [9.17, 15) is 18.5 Å². The third-order valence-electron chi connectivity index (χ3n) is 2.69. The normalized spacial score (nSPS) is 11.5. The summed E-state index contributed by atoms with van der Waals surface area (Å²) >= 11 is 0. The van der Waals surface area contributed by atoms with E-state index in [2.05, 4.69) is 0 Å².